The van der Waals surface area contributed by atoms with Gasteiger partial charge in [-0.25, -0.2) is 0 Å². The maximum Gasteiger partial charge on any atom is 0.176 e. The van der Waals surface area contributed by atoms with Crippen molar-refractivity contribution in [3.63, 3.8) is 0 Å². The van der Waals surface area contributed by atoms with Crippen LogP contribution >= 0.6 is 35.6 Å². The van der Waals surface area contributed by atoms with Gasteiger partial charge in [0.2, 0.25) is 0 Å². The summed E-state index contributed by atoms with van der Waals surface area (Å²) in [7, 11) is 0. The third-order valence-corrected chi connectivity index (χ3v) is 3.62. The molecular weight excluding hydrogens is 310 g/mol. The first kappa shape index (κ1) is 17.3. The van der Waals surface area contributed by atoms with E-state index in [1.165, 1.54) is 0 Å². The van der Waals surface area contributed by atoms with E-state index in [0.29, 0.717) is 10.1 Å². The molecule has 0 fully saturated rings. The van der Waals surface area contributed by atoms with Crippen molar-refractivity contribution in [1.29, 1.82) is 0 Å². The molecule has 2 N–H and O–H groups in total. The molecule has 0 aliphatic carbocycles. The Bertz CT molecular complexity index is 446. The number of nitrogens with one attached hydrogen (secondary N) is 2. The number of hydrogen-bond donors (Lipinski definition) is 2. The minimum atomic E-state index is 0.545. The topological polar surface area (TPSA) is 36.4 Å². The third kappa shape index (κ3) is 7.12. The van der Waals surface area contributed by atoms with Gasteiger partial charge in [0.05, 0.1) is 0 Å². The number of anilines is 1. The standard InChI is InChI=1S/C14H20ClN3S2/c1-3-5-10-16-14(20-4-2)18-13(19)17-12-8-6-11(15)7-9-12/h6-9H,3-5,10H2,1-2H3,(H2,16,17,18,19). The fourth-order valence-corrected chi connectivity index (χ4v) is 2.42. The van der Waals surface area contributed by atoms with Gasteiger partial charge in [0, 0.05) is 17.3 Å². The Morgan fingerprint density at radius 1 is 1.30 bits per heavy atom. The SMILES string of the molecule is CCCCN=C(NC(=S)Nc1ccc(Cl)cc1)SCC. The Balaban J connectivity index is 2.52. The number of thiocarbonyl (C=S) groups is 1. The van der Waals surface area contributed by atoms with Crippen molar-refractivity contribution in [1.82, 2.24) is 5.32 Å². The van der Waals surface area contributed by atoms with Crippen LogP contribution in [0.3, 0.4) is 0 Å². The predicted molar refractivity (Wildman–Crippen MR) is 96.2 cm³/mol. The number of nitrogens with zero attached hydrogens (tertiary/aromatic N) is 1. The molecular formula is C14H20ClN3S2. The number of halogens is 1. The highest BCUT2D eigenvalue weighted by Crippen LogP contribution is 2.13. The zero-order chi connectivity index (χ0) is 14.8. The van der Waals surface area contributed by atoms with E-state index in [4.69, 9.17) is 23.8 Å². The summed E-state index contributed by atoms with van der Waals surface area (Å²) in [4.78, 5) is 4.52. The third-order valence-electron chi connectivity index (χ3n) is 2.37. The lowest BCUT2D eigenvalue weighted by molar-refractivity contribution is 0.808. The van der Waals surface area contributed by atoms with Crippen LogP contribution in [0.25, 0.3) is 0 Å². The molecule has 0 atom stereocenters. The molecule has 0 aliphatic rings. The summed E-state index contributed by atoms with van der Waals surface area (Å²) < 4.78 is 0. The highest BCUT2D eigenvalue weighted by molar-refractivity contribution is 8.13. The van der Waals surface area contributed by atoms with Crippen LogP contribution < -0.4 is 10.6 Å². The molecule has 1 aromatic rings. The monoisotopic (exact) mass is 329 g/mol. The molecule has 0 aromatic heterocycles. The van der Waals surface area contributed by atoms with Crippen LogP contribution in [0.4, 0.5) is 5.69 Å². The minimum Gasteiger partial charge on any atom is -0.332 e. The molecule has 0 radical (unpaired) electrons. The first-order valence-corrected chi connectivity index (χ1v) is 8.43. The summed E-state index contributed by atoms with van der Waals surface area (Å²) in [5.41, 5.74) is 0.904. The van der Waals surface area contributed by atoms with Gasteiger partial charge in [-0.15, -0.1) is 0 Å². The van der Waals surface area contributed by atoms with E-state index in [1.807, 2.05) is 24.3 Å². The molecule has 0 heterocycles. The molecule has 0 spiro atoms. The predicted octanol–water partition coefficient (Wildman–Crippen LogP) is 4.54. The van der Waals surface area contributed by atoms with Gasteiger partial charge < -0.3 is 10.6 Å². The van der Waals surface area contributed by atoms with Gasteiger partial charge in [-0.1, -0.05) is 43.6 Å². The molecule has 0 saturated carbocycles. The molecule has 0 unspecified atom stereocenters. The second-order valence-electron chi connectivity index (χ2n) is 4.06. The summed E-state index contributed by atoms with van der Waals surface area (Å²) in [6.45, 7) is 5.08. The van der Waals surface area contributed by atoms with Crippen LogP contribution in [0.5, 0.6) is 0 Å². The zero-order valence-corrected chi connectivity index (χ0v) is 14.2. The van der Waals surface area contributed by atoms with Crippen molar-refractivity contribution in [2.45, 2.75) is 26.7 Å². The van der Waals surface area contributed by atoms with Crippen LogP contribution in [0.2, 0.25) is 5.02 Å². The van der Waals surface area contributed by atoms with Gasteiger partial charge in [0.15, 0.2) is 10.3 Å². The van der Waals surface area contributed by atoms with E-state index >= 15 is 0 Å². The van der Waals surface area contributed by atoms with Gasteiger partial charge in [-0.2, -0.15) is 0 Å². The summed E-state index contributed by atoms with van der Waals surface area (Å²) in [6, 6.07) is 7.42. The highest BCUT2D eigenvalue weighted by atomic mass is 35.5. The lowest BCUT2D eigenvalue weighted by atomic mass is 10.3. The van der Waals surface area contributed by atoms with Gasteiger partial charge in [0.25, 0.3) is 0 Å². The van der Waals surface area contributed by atoms with Gasteiger partial charge in [-0.3, -0.25) is 4.99 Å². The summed E-state index contributed by atoms with van der Waals surface area (Å²) in [5.74, 6) is 0.960. The number of hydrogen-bond acceptors (Lipinski definition) is 3. The Morgan fingerprint density at radius 2 is 2.00 bits per heavy atom. The molecule has 110 valence electrons. The smallest absolute Gasteiger partial charge is 0.176 e. The average molecular weight is 330 g/mol. The van der Waals surface area contributed by atoms with Gasteiger partial charge >= 0.3 is 0 Å². The lowest BCUT2D eigenvalue weighted by Gasteiger charge is -2.12. The molecule has 0 saturated heterocycles. The Morgan fingerprint density at radius 3 is 2.60 bits per heavy atom. The van der Waals surface area contributed by atoms with Crippen molar-refractivity contribution in [2.75, 3.05) is 17.6 Å². The molecule has 0 bridgehead atoms. The van der Waals surface area contributed by atoms with E-state index < -0.39 is 0 Å². The Hall–Kier alpha value is -0.780. The number of thioether (sulfide) groups is 1. The fourth-order valence-electron chi connectivity index (χ4n) is 1.39. The minimum absolute atomic E-state index is 0.545. The van der Waals surface area contributed by atoms with Crippen molar-refractivity contribution in [3.05, 3.63) is 29.3 Å². The molecule has 6 heteroatoms. The zero-order valence-electron chi connectivity index (χ0n) is 11.8. The van der Waals surface area contributed by atoms with Crippen LogP contribution in [-0.4, -0.2) is 22.6 Å². The Kier molecular flexibility index (Phi) is 8.65. The quantitative estimate of drug-likeness (QED) is 0.360. The van der Waals surface area contributed by atoms with Crippen LogP contribution in [0, 0.1) is 0 Å². The molecule has 0 aliphatic heterocycles. The summed E-state index contributed by atoms with van der Waals surface area (Å²) in [5, 5.41) is 8.38. The maximum atomic E-state index is 5.85. The van der Waals surface area contributed by atoms with E-state index in [1.54, 1.807) is 11.8 Å². The van der Waals surface area contributed by atoms with Crippen LogP contribution in [0.15, 0.2) is 29.3 Å². The van der Waals surface area contributed by atoms with Crippen LogP contribution in [-0.2, 0) is 0 Å². The summed E-state index contributed by atoms with van der Waals surface area (Å²) >= 11 is 12.8. The second-order valence-corrected chi connectivity index (χ2v) is 6.16. The van der Waals surface area contributed by atoms with E-state index in [-0.39, 0.29) is 0 Å². The maximum absolute atomic E-state index is 5.85. The van der Waals surface area contributed by atoms with Gasteiger partial charge in [-0.05, 0) is 48.7 Å². The number of amidine groups is 1. The normalized spacial score (nSPS) is 11.2. The molecule has 1 rings (SSSR count). The average Bonchev–Trinajstić information content (AvgIpc) is 2.42. The van der Waals surface area contributed by atoms with E-state index in [9.17, 15) is 0 Å². The fraction of sp³-hybridized carbons (Fsp3) is 0.429. The number of unbranched alkanes of at least 4 members (excludes halogenated alkanes) is 1. The molecule has 1 aromatic carbocycles. The van der Waals surface area contributed by atoms with Gasteiger partial charge in [0.1, 0.15) is 0 Å². The lowest BCUT2D eigenvalue weighted by Crippen LogP contribution is -2.32. The number of rotatable bonds is 5. The molecule has 20 heavy (non-hydrogen) atoms. The van der Waals surface area contributed by atoms with Crippen molar-refractivity contribution < 1.29 is 0 Å². The largest absolute Gasteiger partial charge is 0.332 e. The molecule has 0 amide bonds. The van der Waals surface area contributed by atoms with E-state index in [2.05, 4.69) is 29.5 Å². The number of benzene rings is 1. The van der Waals surface area contributed by atoms with E-state index in [0.717, 1.165) is 36.0 Å². The van der Waals surface area contributed by atoms with Crippen molar-refractivity contribution >= 4 is 51.5 Å². The number of aliphatic imine (C=N–C) groups is 1. The summed E-state index contributed by atoms with van der Waals surface area (Å²) in [6.07, 6.45) is 2.23. The van der Waals surface area contributed by atoms with Crippen molar-refractivity contribution in [2.24, 2.45) is 4.99 Å². The molecule has 3 nitrogen and oxygen atoms in total. The van der Waals surface area contributed by atoms with Crippen LogP contribution in [0.1, 0.15) is 26.7 Å². The first-order chi connectivity index (χ1) is 9.65. The van der Waals surface area contributed by atoms with Crippen molar-refractivity contribution in [3.8, 4) is 0 Å². The Labute approximate surface area is 135 Å². The second kappa shape index (κ2) is 10.0. The highest BCUT2D eigenvalue weighted by Gasteiger charge is 2.03. The first-order valence-electron chi connectivity index (χ1n) is 6.66.